The summed E-state index contributed by atoms with van der Waals surface area (Å²) in [5.41, 5.74) is 0.281. The van der Waals surface area contributed by atoms with Gasteiger partial charge in [0.25, 0.3) is 5.69 Å². The molecule has 108 valence electrons. The highest BCUT2D eigenvalue weighted by atomic mass is 19.1. The molecular weight excluding hydrogens is 277 g/mol. The lowest BCUT2D eigenvalue weighted by Gasteiger charge is -2.08. The largest absolute Gasteiger partial charge is 0.496 e. The second-order valence-corrected chi connectivity index (χ2v) is 4.33. The van der Waals surface area contributed by atoms with Gasteiger partial charge in [-0.2, -0.15) is 0 Å². The van der Waals surface area contributed by atoms with E-state index in [2.05, 4.69) is 0 Å². The lowest BCUT2D eigenvalue weighted by atomic mass is 10.0. The quantitative estimate of drug-likeness (QED) is 0.481. The molecule has 0 atom stereocenters. The fraction of sp³-hybridized carbons (Fsp3) is 0.133. The van der Waals surface area contributed by atoms with Crippen molar-refractivity contribution in [3.05, 3.63) is 69.5 Å². The van der Waals surface area contributed by atoms with Gasteiger partial charge >= 0.3 is 0 Å². The number of hydrogen-bond donors (Lipinski definition) is 0. The number of halogens is 1. The minimum atomic E-state index is -0.576. The van der Waals surface area contributed by atoms with Crippen LogP contribution in [0.15, 0.2) is 42.5 Å². The van der Waals surface area contributed by atoms with Gasteiger partial charge in [-0.1, -0.05) is 18.2 Å². The van der Waals surface area contributed by atoms with Crippen molar-refractivity contribution in [2.45, 2.75) is 6.42 Å². The summed E-state index contributed by atoms with van der Waals surface area (Å²) in [6.07, 6.45) is -0.138. The third-order valence-corrected chi connectivity index (χ3v) is 3.01. The van der Waals surface area contributed by atoms with Gasteiger partial charge in [-0.25, -0.2) is 4.39 Å². The van der Waals surface area contributed by atoms with Crippen molar-refractivity contribution < 1.29 is 18.8 Å². The van der Waals surface area contributed by atoms with Crippen molar-refractivity contribution in [2.24, 2.45) is 0 Å². The number of non-ortho nitro benzene ring substituents is 1. The number of carbonyl (C=O) groups is 1. The first-order chi connectivity index (χ1) is 10.0. The van der Waals surface area contributed by atoms with Crippen molar-refractivity contribution in [1.82, 2.24) is 0 Å². The Morgan fingerprint density at radius 2 is 2.00 bits per heavy atom. The zero-order valence-corrected chi connectivity index (χ0v) is 11.2. The average Bonchev–Trinajstić information content (AvgIpc) is 2.48. The topological polar surface area (TPSA) is 69.4 Å². The zero-order chi connectivity index (χ0) is 15.4. The number of hydrogen-bond acceptors (Lipinski definition) is 4. The molecule has 0 bridgehead atoms. The zero-order valence-electron chi connectivity index (χ0n) is 11.2. The van der Waals surface area contributed by atoms with Crippen LogP contribution in [0.1, 0.15) is 15.9 Å². The van der Waals surface area contributed by atoms with Crippen LogP contribution in [0, 0.1) is 15.9 Å². The molecule has 5 nitrogen and oxygen atoms in total. The number of methoxy groups -OCH3 is 1. The third kappa shape index (κ3) is 3.22. The second-order valence-electron chi connectivity index (χ2n) is 4.33. The number of benzene rings is 2. The summed E-state index contributed by atoms with van der Waals surface area (Å²) in [6.45, 7) is 0. The van der Waals surface area contributed by atoms with Crippen molar-refractivity contribution in [2.75, 3.05) is 7.11 Å². The summed E-state index contributed by atoms with van der Waals surface area (Å²) < 4.78 is 18.6. The van der Waals surface area contributed by atoms with E-state index in [0.717, 1.165) is 0 Å². The summed E-state index contributed by atoms with van der Waals surface area (Å²) in [5.74, 6) is -0.732. The molecule has 0 amide bonds. The number of nitro benzene ring substituents is 1. The number of ether oxygens (including phenoxy) is 1. The number of nitrogens with zero attached hydrogens (tertiary/aromatic N) is 1. The van der Waals surface area contributed by atoms with Gasteiger partial charge in [-0.15, -0.1) is 0 Å². The highest BCUT2D eigenvalue weighted by Gasteiger charge is 2.18. The van der Waals surface area contributed by atoms with Crippen LogP contribution in [0.2, 0.25) is 0 Å². The molecule has 0 aliphatic carbocycles. The molecule has 2 rings (SSSR count). The number of rotatable bonds is 5. The highest BCUT2D eigenvalue weighted by Crippen LogP contribution is 2.26. The van der Waals surface area contributed by atoms with Gasteiger partial charge in [-0.05, 0) is 17.7 Å². The van der Waals surface area contributed by atoms with E-state index >= 15 is 0 Å². The van der Waals surface area contributed by atoms with Crippen LogP contribution in [0.25, 0.3) is 0 Å². The van der Waals surface area contributed by atoms with E-state index in [1.165, 1.54) is 43.5 Å². The molecule has 0 saturated carbocycles. The molecule has 0 N–H and O–H groups in total. The SMILES string of the molecule is COc1cc([N+](=O)[O-])ccc1C(=O)Cc1ccccc1F. The van der Waals surface area contributed by atoms with Gasteiger partial charge < -0.3 is 4.74 Å². The molecule has 0 aliphatic rings. The molecule has 0 spiro atoms. The van der Waals surface area contributed by atoms with Crippen LogP contribution in [0.3, 0.4) is 0 Å². The summed E-state index contributed by atoms with van der Waals surface area (Å²) in [7, 11) is 1.32. The van der Waals surface area contributed by atoms with E-state index in [0.29, 0.717) is 0 Å². The van der Waals surface area contributed by atoms with Gasteiger partial charge in [0.15, 0.2) is 5.78 Å². The fourth-order valence-corrected chi connectivity index (χ4v) is 1.93. The number of Topliss-reactive ketones (excluding diaryl/α,β-unsaturated/α-hetero) is 1. The Morgan fingerprint density at radius 3 is 2.62 bits per heavy atom. The van der Waals surface area contributed by atoms with Crippen LogP contribution < -0.4 is 4.74 Å². The molecule has 6 heteroatoms. The fourth-order valence-electron chi connectivity index (χ4n) is 1.93. The van der Waals surface area contributed by atoms with E-state index in [9.17, 15) is 19.3 Å². The number of carbonyl (C=O) groups excluding carboxylic acids is 1. The molecule has 0 radical (unpaired) electrons. The predicted octanol–water partition coefficient (Wildman–Crippen LogP) is 3.17. The van der Waals surface area contributed by atoms with Crippen LogP contribution in [-0.4, -0.2) is 17.8 Å². The molecule has 0 saturated heterocycles. The normalized spacial score (nSPS) is 10.2. The van der Waals surface area contributed by atoms with Crippen LogP contribution in [0.5, 0.6) is 5.75 Å². The number of nitro groups is 1. The Morgan fingerprint density at radius 1 is 1.29 bits per heavy atom. The van der Waals surface area contributed by atoms with Crippen molar-refractivity contribution in [3.8, 4) is 5.75 Å². The highest BCUT2D eigenvalue weighted by molar-refractivity contribution is 6.00. The van der Waals surface area contributed by atoms with E-state index in [1.54, 1.807) is 6.07 Å². The molecule has 2 aromatic rings. The van der Waals surface area contributed by atoms with Gasteiger partial charge in [0.05, 0.1) is 23.7 Å². The van der Waals surface area contributed by atoms with E-state index in [1.807, 2.05) is 0 Å². The van der Waals surface area contributed by atoms with Crippen molar-refractivity contribution >= 4 is 11.5 Å². The lowest BCUT2D eigenvalue weighted by Crippen LogP contribution is -2.07. The van der Waals surface area contributed by atoms with Crippen LogP contribution >= 0.6 is 0 Å². The van der Waals surface area contributed by atoms with Crippen molar-refractivity contribution in [1.29, 1.82) is 0 Å². The summed E-state index contributed by atoms with van der Waals surface area (Å²) >= 11 is 0. The molecule has 21 heavy (non-hydrogen) atoms. The monoisotopic (exact) mass is 289 g/mol. The molecule has 2 aromatic carbocycles. The summed E-state index contributed by atoms with van der Waals surface area (Å²) in [6, 6.07) is 9.68. The third-order valence-electron chi connectivity index (χ3n) is 3.01. The predicted molar refractivity (Wildman–Crippen MR) is 74.1 cm³/mol. The smallest absolute Gasteiger partial charge is 0.273 e. The Labute approximate surface area is 120 Å². The maximum absolute atomic E-state index is 13.5. The average molecular weight is 289 g/mol. The van der Waals surface area contributed by atoms with Gasteiger partial charge in [0.1, 0.15) is 11.6 Å². The first-order valence-corrected chi connectivity index (χ1v) is 6.12. The van der Waals surface area contributed by atoms with E-state index in [-0.39, 0.29) is 34.8 Å². The first-order valence-electron chi connectivity index (χ1n) is 6.12. The van der Waals surface area contributed by atoms with Gasteiger partial charge in [0.2, 0.25) is 0 Å². The molecule has 0 aromatic heterocycles. The maximum Gasteiger partial charge on any atom is 0.273 e. The minimum absolute atomic E-state index is 0.102. The molecule has 0 fully saturated rings. The second kappa shape index (κ2) is 6.13. The Kier molecular flexibility index (Phi) is 4.27. The Balaban J connectivity index is 2.31. The van der Waals surface area contributed by atoms with Crippen molar-refractivity contribution in [3.63, 3.8) is 0 Å². The Bertz CT molecular complexity index is 700. The lowest BCUT2D eigenvalue weighted by molar-refractivity contribution is -0.384. The van der Waals surface area contributed by atoms with Crippen LogP contribution in [0.4, 0.5) is 10.1 Å². The molecular formula is C15H12FNO4. The summed E-state index contributed by atoms with van der Waals surface area (Å²) in [5, 5.41) is 10.7. The maximum atomic E-state index is 13.5. The number of ketones is 1. The Hall–Kier alpha value is -2.76. The first kappa shape index (κ1) is 14.6. The van der Waals surface area contributed by atoms with Gasteiger partial charge in [0, 0.05) is 12.5 Å². The standard InChI is InChI=1S/C15H12FNO4/c1-21-15-9-11(17(19)20)6-7-12(15)14(18)8-10-4-2-3-5-13(10)16/h2-7,9H,8H2,1H3. The molecule has 0 unspecified atom stereocenters. The van der Waals surface area contributed by atoms with E-state index < -0.39 is 10.7 Å². The molecule has 0 aliphatic heterocycles. The molecule has 0 heterocycles. The minimum Gasteiger partial charge on any atom is -0.496 e. The van der Waals surface area contributed by atoms with Crippen LogP contribution in [-0.2, 0) is 6.42 Å². The van der Waals surface area contributed by atoms with Gasteiger partial charge in [-0.3, -0.25) is 14.9 Å². The summed E-state index contributed by atoms with van der Waals surface area (Å²) in [4.78, 5) is 22.3. The van der Waals surface area contributed by atoms with E-state index in [4.69, 9.17) is 4.74 Å².